The van der Waals surface area contributed by atoms with E-state index in [4.69, 9.17) is 11.6 Å². The van der Waals surface area contributed by atoms with E-state index >= 15 is 0 Å². The SMILES string of the molecule is O=C1Cc2ccc(Cl)c(Br)c2C1. The predicted octanol–water partition coefficient (Wildman–Crippen LogP) is 2.77. The average molecular weight is 246 g/mol. The molecule has 0 spiro atoms. The van der Waals surface area contributed by atoms with Gasteiger partial charge in [-0.1, -0.05) is 17.7 Å². The Labute approximate surface area is 83.9 Å². The highest BCUT2D eigenvalue weighted by molar-refractivity contribution is 9.10. The van der Waals surface area contributed by atoms with E-state index in [1.165, 1.54) is 0 Å². The molecule has 0 aromatic heterocycles. The molecule has 0 aliphatic heterocycles. The molecule has 0 amide bonds. The van der Waals surface area contributed by atoms with Gasteiger partial charge in [0.05, 0.1) is 5.02 Å². The number of carbonyl (C=O) groups excluding carboxylic acids is 1. The minimum absolute atomic E-state index is 0.271. The van der Waals surface area contributed by atoms with Crippen LogP contribution in [0.5, 0.6) is 0 Å². The van der Waals surface area contributed by atoms with Gasteiger partial charge in [-0.2, -0.15) is 0 Å². The summed E-state index contributed by atoms with van der Waals surface area (Å²) >= 11 is 9.26. The van der Waals surface area contributed by atoms with Crippen molar-refractivity contribution in [1.29, 1.82) is 0 Å². The van der Waals surface area contributed by atoms with Crippen molar-refractivity contribution >= 4 is 33.3 Å². The van der Waals surface area contributed by atoms with Crippen molar-refractivity contribution in [1.82, 2.24) is 0 Å². The van der Waals surface area contributed by atoms with Gasteiger partial charge < -0.3 is 0 Å². The Kier molecular flexibility index (Phi) is 1.97. The fourth-order valence-electron chi connectivity index (χ4n) is 1.46. The second-order valence-corrected chi connectivity index (χ2v) is 4.09. The van der Waals surface area contributed by atoms with E-state index in [-0.39, 0.29) is 5.78 Å². The van der Waals surface area contributed by atoms with Gasteiger partial charge >= 0.3 is 0 Å². The lowest BCUT2D eigenvalue weighted by Gasteiger charge is -2.01. The van der Waals surface area contributed by atoms with Crippen molar-refractivity contribution < 1.29 is 4.79 Å². The quantitative estimate of drug-likeness (QED) is 0.687. The highest BCUT2D eigenvalue weighted by atomic mass is 79.9. The van der Waals surface area contributed by atoms with Crippen LogP contribution in [0.15, 0.2) is 16.6 Å². The first-order chi connectivity index (χ1) is 5.68. The zero-order valence-electron chi connectivity index (χ0n) is 6.23. The Morgan fingerprint density at radius 3 is 2.83 bits per heavy atom. The van der Waals surface area contributed by atoms with Crippen molar-refractivity contribution in [3.63, 3.8) is 0 Å². The minimum Gasteiger partial charge on any atom is -0.299 e. The second-order valence-electron chi connectivity index (χ2n) is 2.89. The molecule has 1 aromatic carbocycles. The van der Waals surface area contributed by atoms with Gasteiger partial charge in [0, 0.05) is 17.3 Å². The molecular weight excluding hydrogens is 239 g/mol. The summed E-state index contributed by atoms with van der Waals surface area (Å²) < 4.78 is 0.882. The number of Topliss-reactive ketones (excluding diaryl/α,β-unsaturated/α-hetero) is 1. The molecule has 0 atom stereocenters. The second kappa shape index (κ2) is 2.86. The molecule has 62 valence electrons. The smallest absolute Gasteiger partial charge is 0.141 e. The number of ketones is 1. The van der Waals surface area contributed by atoms with E-state index in [9.17, 15) is 4.79 Å². The molecule has 12 heavy (non-hydrogen) atoms. The number of fused-ring (bicyclic) bond motifs is 1. The maximum Gasteiger partial charge on any atom is 0.141 e. The lowest BCUT2D eigenvalue weighted by atomic mass is 10.1. The first-order valence-electron chi connectivity index (χ1n) is 3.66. The van der Waals surface area contributed by atoms with Crippen molar-refractivity contribution in [3.8, 4) is 0 Å². The van der Waals surface area contributed by atoms with Crippen LogP contribution in [0, 0.1) is 0 Å². The van der Waals surface area contributed by atoms with E-state index < -0.39 is 0 Å². The maximum atomic E-state index is 11.1. The number of rotatable bonds is 0. The molecule has 0 radical (unpaired) electrons. The van der Waals surface area contributed by atoms with Crippen molar-refractivity contribution in [3.05, 3.63) is 32.8 Å². The topological polar surface area (TPSA) is 17.1 Å². The third-order valence-electron chi connectivity index (χ3n) is 2.05. The Morgan fingerprint density at radius 1 is 1.33 bits per heavy atom. The van der Waals surface area contributed by atoms with Crippen LogP contribution in [0.3, 0.4) is 0 Å². The van der Waals surface area contributed by atoms with Gasteiger partial charge in [-0.3, -0.25) is 4.79 Å². The summed E-state index contributed by atoms with van der Waals surface area (Å²) in [6, 6.07) is 3.75. The molecular formula is C9H6BrClO. The first kappa shape index (κ1) is 8.27. The molecule has 1 aliphatic carbocycles. The molecule has 0 N–H and O–H groups in total. The average Bonchev–Trinajstić information content (AvgIpc) is 2.39. The van der Waals surface area contributed by atoms with Gasteiger partial charge in [-0.15, -0.1) is 0 Å². The summed E-state index contributed by atoms with van der Waals surface area (Å²) in [5, 5.41) is 0.684. The number of hydrogen-bond donors (Lipinski definition) is 0. The van der Waals surface area contributed by atoms with Crippen LogP contribution in [0.1, 0.15) is 11.1 Å². The van der Waals surface area contributed by atoms with Crippen molar-refractivity contribution in [2.45, 2.75) is 12.8 Å². The molecule has 1 aliphatic rings. The van der Waals surface area contributed by atoms with Crippen LogP contribution in [0.4, 0.5) is 0 Å². The highest BCUT2D eigenvalue weighted by Gasteiger charge is 2.21. The molecule has 0 saturated heterocycles. The first-order valence-corrected chi connectivity index (χ1v) is 4.83. The largest absolute Gasteiger partial charge is 0.299 e. The van der Waals surface area contributed by atoms with E-state index in [1.54, 1.807) is 0 Å². The third-order valence-corrected chi connectivity index (χ3v) is 3.50. The van der Waals surface area contributed by atoms with Crippen LogP contribution < -0.4 is 0 Å². The molecule has 0 unspecified atom stereocenters. The molecule has 0 fully saturated rings. The highest BCUT2D eigenvalue weighted by Crippen LogP contribution is 2.33. The molecule has 2 rings (SSSR count). The summed E-state index contributed by atoms with van der Waals surface area (Å²) in [6.45, 7) is 0. The molecule has 1 nitrogen and oxygen atoms in total. The summed E-state index contributed by atoms with van der Waals surface area (Å²) in [5.41, 5.74) is 2.17. The van der Waals surface area contributed by atoms with Crippen LogP contribution in [-0.2, 0) is 17.6 Å². The molecule has 3 heteroatoms. The monoisotopic (exact) mass is 244 g/mol. The number of carbonyl (C=O) groups is 1. The van der Waals surface area contributed by atoms with Crippen molar-refractivity contribution in [2.75, 3.05) is 0 Å². The third kappa shape index (κ3) is 1.19. The van der Waals surface area contributed by atoms with Gasteiger partial charge in [0.25, 0.3) is 0 Å². The van der Waals surface area contributed by atoms with Gasteiger partial charge in [-0.25, -0.2) is 0 Å². The van der Waals surface area contributed by atoms with E-state index in [1.807, 2.05) is 12.1 Å². The normalized spacial score (nSPS) is 15.0. The van der Waals surface area contributed by atoms with Crippen molar-refractivity contribution in [2.24, 2.45) is 0 Å². The van der Waals surface area contributed by atoms with E-state index in [0.29, 0.717) is 17.9 Å². The summed E-state index contributed by atoms with van der Waals surface area (Å²) in [6.07, 6.45) is 1.08. The lowest BCUT2D eigenvalue weighted by Crippen LogP contribution is -1.92. The van der Waals surface area contributed by atoms with Gasteiger partial charge in [0.2, 0.25) is 0 Å². The maximum absolute atomic E-state index is 11.1. The fraction of sp³-hybridized carbons (Fsp3) is 0.222. The zero-order valence-corrected chi connectivity index (χ0v) is 8.58. The standard InChI is InChI=1S/C9H6BrClO/c10-9-7-4-6(12)3-5(7)1-2-8(9)11/h1-2H,3-4H2. The Balaban J connectivity index is 2.61. The molecule has 0 bridgehead atoms. The molecule has 1 aromatic rings. The van der Waals surface area contributed by atoms with Gasteiger partial charge in [0.1, 0.15) is 5.78 Å². The Hall–Kier alpha value is -0.340. The Morgan fingerprint density at radius 2 is 2.08 bits per heavy atom. The van der Waals surface area contributed by atoms with E-state index in [2.05, 4.69) is 15.9 Å². The summed E-state index contributed by atoms with van der Waals surface area (Å²) in [7, 11) is 0. The minimum atomic E-state index is 0.271. The van der Waals surface area contributed by atoms with E-state index in [0.717, 1.165) is 15.6 Å². The number of hydrogen-bond acceptors (Lipinski definition) is 1. The van der Waals surface area contributed by atoms with Gasteiger partial charge in [-0.05, 0) is 33.1 Å². The fourth-order valence-corrected chi connectivity index (χ4v) is 2.17. The molecule has 0 saturated carbocycles. The Bertz CT molecular complexity index is 360. The lowest BCUT2D eigenvalue weighted by molar-refractivity contribution is -0.117. The predicted molar refractivity (Wildman–Crippen MR) is 51.6 cm³/mol. The zero-order chi connectivity index (χ0) is 8.72. The van der Waals surface area contributed by atoms with Crippen LogP contribution >= 0.6 is 27.5 Å². The van der Waals surface area contributed by atoms with Crippen LogP contribution in [0.2, 0.25) is 5.02 Å². The summed E-state index contributed by atoms with van der Waals surface area (Å²) in [5.74, 6) is 0.271. The summed E-state index contributed by atoms with van der Waals surface area (Å²) in [4.78, 5) is 11.1. The van der Waals surface area contributed by atoms with Crippen LogP contribution in [0.25, 0.3) is 0 Å². The molecule has 0 heterocycles. The number of halogens is 2. The van der Waals surface area contributed by atoms with Crippen LogP contribution in [-0.4, -0.2) is 5.78 Å². The van der Waals surface area contributed by atoms with Gasteiger partial charge in [0.15, 0.2) is 0 Å². The number of benzene rings is 1.